The van der Waals surface area contributed by atoms with Crippen molar-refractivity contribution in [2.45, 2.75) is 19.0 Å². The van der Waals surface area contributed by atoms with E-state index in [4.69, 9.17) is 0 Å². The molecule has 0 saturated heterocycles. The lowest BCUT2D eigenvalue weighted by atomic mass is 9.99. The summed E-state index contributed by atoms with van der Waals surface area (Å²) in [5.74, 6) is 0.0283. The second-order valence-electron chi connectivity index (χ2n) is 5.06. The summed E-state index contributed by atoms with van der Waals surface area (Å²) in [4.78, 5) is 22.9. The van der Waals surface area contributed by atoms with Gasteiger partial charge < -0.3 is 5.11 Å². The molecule has 5 nitrogen and oxygen atoms in total. The number of Topliss-reactive ketones (excluding diaryl/α,β-unsaturated/α-hetero) is 1. The third-order valence-corrected chi connectivity index (χ3v) is 4.73. The van der Waals surface area contributed by atoms with Crippen molar-refractivity contribution in [3.8, 4) is 5.75 Å². The summed E-state index contributed by atoms with van der Waals surface area (Å²) < 4.78 is 0.956. The average Bonchev–Trinajstić information content (AvgIpc) is 2.58. The van der Waals surface area contributed by atoms with Gasteiger partial charge >= 0.3 is 0 Å². The van der Waals surface area contributed by atoms with E-state index in [2.05, 4.69) is 41.8 Å². The molecule has 0 amide bonds. The van der Waals surface area contributed by atoms with Gasteiger partial charge in [-0.2, -0.15) is 0 Å². The Morgan fingerprint density at radius 3 is 2.67 bits per heavy atom. The van der Waals surface area contributed by atoms with Gasteiger partial charge in [0, 0.05) is 24.7 Å². The number of halogens is 2. The molecule has 0 bridgehead atoms. The molecule has 21 heavy (non-hydrogen) atoms. The molecule has 0 saturated carbocycles. The Morgan fingerprint density at radius 1 is 1.43 bits per heavy atom. The van der Waals surface area contributed by atoms with Crippen molar-refractivity contribution < 1.29 is 9.90 Å². The SMILES string of the molecule is CN1CC=NC=NC1(C)CC(=O)c1cc(Br)c(O)c(Br)c1. The summed E-state index contributed by atoms with van der Waals surface area (Å²) in [6, 6.07) is 3.23. The van der Waals surface area contributed by atoms with Gasteiger partial charge in [-0.1, -0.05) is 0 Å². The highest BCUT2D eigenvalue weighted by Crippen LogP contribution is 2.34. The van der Waals surface area contributed by atoms with E-state index in [9.17, 15) is 9.90 Å². The van der Waals surface area contributed by atoms with Crippen molar-refractivity contribution in [3.63, 3.8) is 0 Å². The minimum absolute atomic E-state index is 0.0511. The molecule has 0 fully saturated rings. The Kier molecular flexibility index (Phi) is 4.95. The van der Waals surface area contributed by atoms with Crippen LogP contribution in [0, 0.1) is 0 Å². The van der Waals surface area contributed by atoms with Crippen LogP contribution in [-0.4, -0.2) is 47.6 Å². The van der Waals surface area contributed by atoms with Crippen LogP contribution >= 0.6 is 31.9 Å². The summed E-state index contributed by atoms with van der Waals surface area (Å²) in [5, 5.41) is 9.71. The highest BCUT2D eigenvalue weighted by atomic mass is 79.9. The first-order valence-electron chi connectivity index (χ1n) is 6.31. The highest BCUT2D eigenvalue weighted by molar-refractivity contribution is 9.11. The van der Waals surface area contributed by atoms with Crippen molar-refractivity contribution >= 4 is 50.2 Å². The summed E-state index contributed by atoms with van der Waals surface area (Å²) >= 11 is 6.47. The number of benzene rings is 1. The lowest BCUT2D eigenvalue weighted by Gasteiger charge is -2.33. The van der Waals surface area contributed by atoms with Crippen LogP contribution in [0.15, 0.2) is 31.1 Å². The average molecular weight is 417 g/mol. The smallest absolute Gasteiger partial charge is 0.166 e. The third kappa shape index (κ3) is 3.59. The number of phenolic OH excluding ortho intramolecular Hbond substituents is 1. The zero-order valence-corrected chi connectivity index (χ0v) is 14.8. The summed E-state index contributed by atoms with van der Waals surface area (Å²) in [5.41, 5.74) is -0.119. The van der Waals surface area contributed by atoms with Crippen LogP contribution in [0.5, 0.6) is 5.75 Å². The molecule has 7 heteroatoms. The molecule has 1 N–H and O–H groups in total. The standard InChI is InChI=1S/C14H15Br2N3O2/c1-14(18-8-17-3-4-19(14)2)7-12(20)9-5-10(15)13(21)11(16)6-9/h3,5-6,8,21H,4,7H2,1-2H3. The van der Waals surface area contributed by atoms with Gasteiger partial charge in [0.1, 0.15) is 17.8 Å². The van der Waals surface area contributed by atoms with Crippen molar-refractivity contribution in [1.29, 1.82) is 0 Å². The molecule has 2 rings (SSSR count). The molecule has 1 aliphatic rings. The Hall–Kier alpha value is -1.05. The maximum atomic E-state index is 12.5. The van der Waals surface area contributed by atoms with E-state index in [-0.39, 0.29) is 18.0 Å². The number of rotatable bonds is 3. The normalized spacial score (nSPS) is 22.3. The molecule has 1 heterocycles. The first-order valence-corrected chi connectivity index (χ1v) is 7.90. The van der Waals surface area contributed by atoms with Crippen molar-refractivity contribution in [2.75, 3.05) is 13.6 Å². The Bertz CT molecular complexity index is 608. The van der Waals surface area contributed by atoms with Crippen molar-refractivity contribution in [1.82, 2.24) is 4.90 Å². The number of hydrogen-bond donors (Lipinski definition) is 1. The predicted octanol–water partition coefficient (Wildman–Crippen LogP) is 3.25. The van der Waals surface area contributed by atoms with E-state index in [1.165, 1.54) is 6.34 Å². The molecule has 1 unspecified atom stereocenters. The predicted molar refractivity (Wildman–Crippen MR) is 90.5 cm³/mol. The van der Waals surface area contributed by atoms with E-state index in [1.54, 1.807) is 18.3 Å². The molecule has 1 aromatic rings. The second kappa shape index (κ2) is 6.37. The lowest BCUT2D eigenvalue weighted by Crippen LogP contribution is -2.44. The van der Waals surface area contributed by atoms with Gasteiger partial charge in [-0.15, -0.1) is 0 Å². The minimum atomic E-state index is -0.635. The van der Waals surface area contributed by atoms with E-state index in [0.29, 0.717) is 21.1 Å². The second-order valence-corrected chi connectivity index (χ2v) is 6.77. The third-order valence-electron chi connectivity index (χ3n) is 3.52. The maximum absolute atomic E-state index is 12.5. The van der Waals surface area contributed by atoms with Gasteiger partial charge in [-0.05, 0) is 58.0 Å². The minimum Gasteiger partial charge on any atom is -0.506 e. The number of phenols is 1. The summed E-state index contributed by atoms with van der Waals surface area (Å²) in [6.45, 7) is 2.54. The zero-order chi connectivity index (χ0) is 15.6. The Morgan fingerprint density at radius 2 is 2.05 bits per heavy atom. The number of ketones is 1. The molecule has 112 valence electrons. The first-order chi connectivity index (χ1) is 9.83. The van der Waals surface area contributed by atoms with E-state index in [0.717, 1.165) is 0 Å². The number of aromatic hydroxyl groups is 1. The number of hydrogen-bond acceptors (Lipinski definition) is 5. The van der Waals surface area contributed by atoms with Crippen LogP contribution in [0.1, 0.15) is 23.7 Å². The van der Waals surface area contributed by atoms with Gasteiger partial charge in [0.25, 0.3) is 0 Å². The van der Waals surface area contributed by atoms with Gasteiger partial charge in [0.15, 0.2) is 5.78 Å². The molecular weight excluding hydrogens is 402 g/mol. The fourth-order valence-corrected chi connectivity index (χ4v) is 3.17. The number of nitrogens with zero attached hydrogens (tertiary/aromatic N) is 3. The van der Waals surface area contributed by atoms with Gasteiger partial charge in [0.2, 0.25) is 0 Å². The molecule has 0 aromatic heterocycles. The quantitative estimate of drug-likeness (QED) is 0.769. The molecular formula is C14H15Br2N3O2. The fraction of sp³-hybridized carbons (Fsp3) is 0.357. The largest absolute Gasteiger partial charge is 0.506 e. The molecule has 0 radical (unpaired) electrons. The summed E-state index contributed by atoms with van der Waals surface area (Å²) in [7, 11) is 1.91. The van der Waals surface area contributed by atoms with Crippen LogP contribution in [0.4, 0.5) is 0 Å². The molecule has 0 aliphatic carbocycles. The van der Waals surface area contributed by atoms with Crippen LogP contribution in [0.3, 0.4) is 0 Å². The lowest BCUT2D eigenvalue weighted by molar-refractivity contribution is 0.0860. The number of carbonyl (C=O) groups excluding carboxylic acids is 1. The number of aliphatic imine (C=N–C) groups is 2. The van der Waals surface area contributed by atoms with Gasteiger partial charge in [0.05, 0.1) is 8.95 Å². The van der Waals surface area contributed by atoms with Crippen LogP contribution in [0.25, 0.3) is 0 Å². The van der Waals surface area contributed by atoms with E-state index in [1.807, 2.05) is 18.9 Å². The summed E-state index contributed by atoms with van der Waals surface area (Å²) in [6.07, 6.45) is 3.47. The van der Waals surface area contributed by atoms with Crippen molar-refractivity contribution in [2.24, 2.45) is 9.98 Å². The maximum Gasteiger partial charge on any atom is 0.166 e. The molecule has 1 aromatic carbocycles. The fourth-order valence-electron chi connectivity index (χ4n) is 1.98. The van der Waals surface area contributed by atoms with Gasteiger partial charge in [-0.3, -0.25) is 14.7 Å². The van der Waals surface area contributed by atoms with Crippen molar-refractivity contribution in [3.05, 3.63) is 26.6 Å². The Balaban J connectivity index is 2.25. The zero-order valence-electron chi connectivity index (χ0n) is 11.7. The molecule has 0 spiro atoms. The van der Waals surface area contributed by atoms with Crippen LogP contribution < -0.4 is 0 Å². The van der Waals surface area contributed by atoms with E-state index < -0.39 is 5.66 Å². The van der Waals surface area contributed by atoms with Crippen LogP contribution in [-0.2, 0) is 0 Å². The molecule has 1 aliphatic heterocycles. The van der Waals surface area contributed by atoms with E-state index >= 15 is 0 Å². The van der Waals surface area contributed by atoms with Gasteiger partial charge in [-0.25, -0.2) is 4.99 Å². The number of carbonyl (C=O) groups is 1. The Labute approximate surface area is 140 Å². The monoisotopic (exact) mass is 415 g/mol. The first kappa shape index (κ1) is 16.3. The molecule has 1 atom stereocenters. The highest BCUT2D eigenvalue weighted by Gasteiger charge is 2.32. The topological polar surface area (TPSA) is 65.3 Å². The van der Waals surface area contributed by atoms with Crippen LogP contribution in [0.2, 0.25) is 0 Å².